The van der Waals surface area contributed by atoms with Gasteiger partial charge in [-0.25, -0.2) is 13.8 Å². The van der Waals surface area contributed by atoms with Crippen LogP contribution in [0.25, 0.3) is 11.3 Å². The molecule has 0 spiro atoms. The van der Waals surface area contributed by atoms with Crippen molar-refractivity contribution < 1.29 is 8.78 Å². The number of hydrogen-bond donors (Lipinski definition) is 2. The highest BCUT2D eigenvalue weighted by Crippen LogP contribution is 2.24. The van der Waals surface area contributed by atoms with E-state index >= 15 is 0 Å². The summed E-state index contributed by atoms with van der Waals surface area (Å²) in [5.74, 6) is -0.780. The number of aromatic nitrogens is 2. The van der Waals surface area contributed by atoms with Crippen molar-refractivity contribution in [2.24, 2.45) is 11.7 Å². The van der Waals surface area contributed by atoms with E-state index in [4.69, 9.17) is 5.73 Å². The Kier molecular flexibility index (Phi) is 3.95. The summed E-state index contributed by atoms with van der Waals surface area (Å²) in [6, 6.07) is 3.55. The highest BCUT2D eigenvalue weighted by Gasteiger charge is 2.17. The molecule has 3 nitrogen and oxygen atoms in total. The second kappa shape index (κ2) is 5.48. The van der Waals surface area contributed by atoms with Crippen LogP contribution < -0.4 is 5.73 Å². The molecule has 0 amide bonds. The molecule has 0 saturated heterocycles. The van der Waals surface area contributed by atoms with Crippen LogP contribution in [0.1, 0.15) is 32.1 Å². The lowest BCUT2D eigenvalue weighted by atomic mass is 10.00. The van der Waals surface area contributed by atoms with E-state index < -0.39 is 11.6 Å². The van der Waals surface area contributed by atoms with E-state index in [1.165, 1.54) is 6.07 Å². The Hall–Kier alpha value is -1.75. The van der Waals surface area contributed by atoms with Crippen LogP contribution in [-0.2, 0) is 0 Å². The number of imidazole rings is 1. The summed E-state index contributed by atoms with van der Waals surface area (Å²) < 4.78 is 26.1. The molecule has 2 aromatic rings. The van der Waals surface area contributed by atoms with E-state index in [0.29, 0.717) is 23.0 Å². The van der Waals surface area contributed by atoms with Gasteiger partial charge in [0.15, 0.2) is 11.6 Å². The smallest absolute Gasteiger partial charge is 0.159 e. The van der Waals surface area contributed by atoms with Gasteiger partial charge in [-0.05, 0) is 24.1 Å². The van der Waals surface area contributed by atoms with Gasteiger partial charge in [-0.2, -0.15) is 0 Å². The molecule has 2 atom stereocenters. The van der Waals surface area contributed by atoms with Crippen LogP contribution in [0.5, 0.6) is 0 Å². The predicted molar refractivity (Wildman–Crippen MR) is 70.3 cm³/mol. The molecule has 0 bridgehead atoms. The van der Waals surface area contributed by atoms with Gasteiger partial charge in [0.05, 0.1) is 17.9 Å². The van der Waals surface area contributed by atoms with Crippen LogP contribution in [0.4, 0.5) is 8.78 Å². The first-order valence-corrected chi connectivity index (χ1v) is 6.28. The molecule has 3 N–H and O–H groups in total. The quantitative estimate of drug-likeness (QED) is 0.890. The zero-order chi connectivity index (χ0) is 14.0. The monoisotopic (exact) mass is 265 g/mol. The molecule has 0 aliphatic heterocycles. The van der Waals surface area contributed by atoms with E-state index in [1.807, 2.05) is 6.92 Å². The summed E-state index contributed by atoms with van der Waals surface area (Å²) in [7, 11) is 0. The van der Waals surface area contributed by atoms with E-state index in [1.54, 1.807) is 6.20 Å². The van der Waals surface area contributed by atoms with Crippen molar-refractivity contribution in [3.63, 3.8) is 0 Å². The van der Waals surface area contributed by atoms with Crippen molar-refractivity contribution in [3.8, 4) is 11.3 Å². The first kappa shape index (κ1) is 13.7. The average Bonchev–Trinajstić information content (AvgIpc) is 2.89. The number of hydrogen-bond acceptors (Lipinski definition) is 2. The largest absolute Gasteiger partial charge is 0.341 e. The van der Waals surface area contributed by atoms with Gasteiger partial charge in [0.1, 0.15) is 5.82 Å². The lowest BCUT2D eigenvalue weighted by Gasteiger charge is -2.15. The van der Waals surface area contributed by atoms with Crippen molar-refractivity contribution in [1.82, 2.24) is 9.97 Å². The topological polar surface area (TPSA) is 54.7 Å². The first-order valence-electron chi connectivity index (χ1n) is 6.28. The maximum atomic E-state index is 13.2. The zero-order valence-electron chi connectivity index (χ0n) is 11.0. The number of nitrogens with zero attached hydrogens (tertiary/aromatic N) is 1. The van der Waals surface area contributed by atoms with Crippen LogP contribution in [0.15, 0.2) is 24.4 Å². The minimum absolute atomic E-state index is 0.191. The summed E-state index contributed by atoms with van der Waals surface area (Å²) in [4.78, 5) is 7.28. The van der Waals surface area contributed by atoms with Crippen LogP contribution in [0.3, 0.4) is 0 Å². The van der Waals surface area contributed by atoms with Gasteiger partial charge in [-0.1, -0.05) is 20.3 Å². The molecule has 0 aliphatic carbocycles. The van der Waals surface area contributed by atoms with Crippen molar-refractivity contribution in [3.05, 3.63) is 41.9 Å². The maximum absolute atomic E-state index is 13.2. The fraction of sp³-hybridized carbons (Fsp3) is 0.357. The maximum Gasteiger partial charge on any atom is 0.159 e. The van der Waals surface area contributed by atoms with E-state index in [-0.39, 0.29) is 6.04 Å². The molecule has 1 heterocycles. The Morgan fingerprint density at radius 2 is 2.05 bits per heavy atom. The number of nitrogens with two attached hydrogens (primary N) is 1. The van der Waals surface area contributed by atoms with Gasteiger partial charge >= 0.3 is 0 Å². The molecule has 0 radical (unpaired) electrons. The van der Waals surface area contributed by atoms with Gasteiger partial charge in [-0.15, -0.1) is 0 Å². The zero-order valence-corrected chi connectivity index (χ0v) is 11.0. The first-order chi connectivity index (χ1) is 9.02. The minimum Gasteiger partial charge on any atom is -0.341 e. The Morgan fingerprint density at radius 3 is 2.68 bits per heavy atom. The van der Waals surface area contributed by atoms with Crippen LogP contribution in [0, 0.1) is 17.6 Å². The van der Waals surface area contributed by atoms with Crippen LogP contribution in [-0.4, -0.2) is 9.97 Å². The summed E-state index contributed by atoms with van der Waals surface area (Å²) in [5.41, 5.74) is 7.25. The fourth-order valence-electron chi connectivity index (χ4n) is 1.84. The summed E-state index contributed by atoms with van der Waals surface area (Å²) in [5, 5.41) is 0. The minimum atomic E-state index is -0.875. The number of aromatic amines is 1. The molecular weight excluding hydrogens is 248 g/mol. The molecule has 0 saturated carbocycles. The summed E-state index contributed by atoms with van der Waals surface area (Å²) >= 11 is 0. The predicted octanol–water partition coefficient (Wildman–Crippen LogP) is 3.40. The third-order valence-corrected chi connectivity index (χ3v) is 3.40. The molecule has 102 valence electrons. The van der Waals surface area contributed by atoms with Gasteiger partial charge in [0.2, 0.25) is 0 Å². The number of H-pyrrole nitrogens is 1. The van der Waals surface area contributed by atoms with E-state index in [0.717, 1.165) is 18.6 Å². The molecule has 2 unspecified atom stereocenters. The van der Waals surface area contributed by atoms with Crippen LogP contribution >= 0.6 is 0 Å². The van der Waals surface area contributed by atoms with Crippen molar-refractivity contribution in [1.29, 1.82) is 0 Å². The second-order valence-electron chi connectivity index (χ2n) is 4.72. The SMILES string of the molecule is CCC(C)C(N)c1ncc(-c2ccc(F)c(F)c2)[nH]1. The Bertz CT molecular complexity index is 566. The molecule has 5 heteroatoms. The standard InChI is InChI=1S/C14H17F2N3/c1-3-8(2)13(17)14-18-7-12(19-14)9-4-5-10(15)11(16)6-9/h4-8,13H,3,17H2,1-2H3,(H,18,19). The van der Waals surface area contributed by atoms with Crippen molar-refractivity contribution in [2.75, 3.05) is 0 Å². The van der Waals surface area contributed by atoms with Crippen molar-refractivity contribution in [2.45, 2.75) is 26.3 Å². The lowest BCUT2D eigenvalue weighted by Crippen LogP contribution is -2.19. The second-order valence-corrected chi connectivity index (χ2v) is 4.72. The van der Waals surface area contributed by atoms with Crippen molar-refractivity contribution >= 4 is 0 Å². The van der Waals surface area contributed by atoms with Gasteiger partial charge in [-0.3, -0.25) is 0 Å². The molecule has 0 aliphatic rings. The van der Waals surface area contributed by atoms with E-state index in [2.05, 4.69) is 16.9 Å². The van der Waals surface area contributed by atoms with Gasteiger partial charge < -0.3 is 10.7 Å². The number of rotatable bonds is 4. The highest BCUT2D eigenvalue weighted by atomic mass is 19.2. The van der Waals surface area contributed by atoms with Gasteiger partial charge in [0.25, 0.3) is 0 Å². The van der Waals surface area contributed by atoms with Crippen LogP contribution in [0.2, 0.25) is 0 Å². The number of halogens is 2. The molecular formula is C14H17F2N3. The Labute approximate surface area is 110 Å². The lowest BCUT2D eigenvalue weighted by molar-refractivity contribution is 0.441. The summed E-state index contributed by atoms with van der Waals surface area (Å²) in [6.07, 6.45) is 2.53. The fourth-order valence-corrected chi connectivity index (χ4v) is 1.84. The molecule has 2 rings (SSSR count). The molecule has 0 fully saturated rings. The van der Waals surface area contributed by atoms with Gasteiger partial charge in [0, 0.05) is 5.56 Å². The molecule has 19 heavy (non-hydrogen) atoms. The molecule has 1 aromatic carbocycles. The normalized spacial score (nSPS) is 14.4. The Morgan fingerprint density at radius 1 is 1.32 bits per heavy atom. The molecule has 1 aromatic heterocycles. The average molecular weight is 265 g/mol. The Balaban J connectivity index is 2.27. The van der Waals surface area contributed by atoms with E-state index in [9.17, 15) is 8.78 Å². The summed E-state index contributed by atoms with van der Waals surface area (Å²) in [6.45, 7) is 4.11. The number of nitrogens with one attached hydrogen (secondary N) is 1. The number of benzene rings is 1. The highest BCUT2D eigenvalue weighted by molar-refractivity contribution is 5.58. The third-order valence-electron chi connectivity index (χ3n) is 3.40. The third kappa shape index (κ3) is 2.81.